The van der Waals surface area contributed by atoms with E-state index < -0.39 is 12.1 Å². The Balaban J connectivity index is 2.37. The van der Waals surface area contributed by atoms with Crippen LogP contribution >= 0.6 is 0 Å². The summed E-state index contributed by atoms with van der Waals surface area (Å²) in [7, 11) is 1.53. The van der Waals surface area contributed by atoms with Gasteiger partial charge in [-0.2, -0.15) is 0 Å². The van der Waals surface area contributed by atoms with Crippen LogP contribution in [-0.4, -0.2) is 47.5 Å². The molecule has 0 bridgehead atoms. The number of rotatable bonds is 7. The number of anilines is 2. The lowest BCUT2D eigenvalue weighted by Crippen LogP contribution is -2.43. The molecule has 8 heteroatoms. The zero-order valence-electron chi connectivity index (χ0n) is 13.0. The number of carbonyl (C=O) groups is 3. The van der Waals surface area contributed by atoms with E-state index in [0.717, 1.165) is 17.9 Å². The Labute approximate surface area is 133 Å². The van der Waals surface area contributed by atoms with Crippen molar-refractivity contribution in [2.24, 2.45) is 0 Å². The van der Waals surface area contributed by atoms with Crippen LogP contribution in [0.15, 0.2) is 18.2 Å². The van der Waals surface area contributed by atoms with Crippen molar-refractivity contribution in [2.75, 3.05) is 17.8 Å². The zero-order chi connectivity index (χ0) is 17.0. The molecule has 0 aromatic heterocycles. The van der Waals surface area contributed by atoms with Crippen LogP contribution in [0.25, 0.3) is 0 Å². The van der Waals surface area contributed by atoms with Gasteiger partial charge in [-0.15, -0.1) is 0 Å². The Bertz CT molecular complexity index is 615. The molecular formula is C15H20N4O4. The highest BCUT2D eigenvalue weighted by Crippen LogP contribution is 2.33. The van der Waals surface area contributed by atoms with E-state index in [1.807, 2.05) is 0 Å². The molecule has 2 rings (SSSR count). The topological polar surface area (TPSA) is 111 Å². The second-order valence-electron chi connectivity index (χ2n) is 5.37. The van der Waals surface area contributed by atoms with Gasteiger partial charge < -0.3 is 20.5 Å². The van der Waals surface area contributed by atoms with Crippen LogP contribution < -0.4 is 16.1 Å². The number of nitrogens with zero attached hydrogens (tertiary/aromatic N) is 1. The number of benzene rings is 1. The average molecular weight is 320 g/mol. The molecule has 1 aromatic rings. The molecule has 23 heavy (non-hydrogen) atoms. The van der Waals surface area contributed by atoms with Crippen LogP contribution in [0.2, 0.25) is 0 Å². The number of carboxylic acid groups (broad SMARTS) is 1. The van der Waals surface area contributed by atoms with E-state index in [-0.39, 0.29) is 11.9 Å². The summed E-state index contributed by atoms with van der Waals surface area (Å²) in [5, 5.41) is 15.8. The highest BCUT2D eigenvalue weighted by molar-refractivity contribution is 6.02. The number of hydrogen-bond donors (Lipinski definition) is 4. The van der Waals surface area contributed by atoms with Gasteiger partial charge in [0.25, 0.3) is 5.91 Å². The number of carbonyl (C=O) groups excluding carboxylic acids is 2. The minimum atomic E-state index is -1.28. The first-order valence-corrected chi connectivity index (χ1v) is 7.33. The molecule has 1 atom stereocenters. The Morgan fingerprint density at radius 3 is 2.61 bits per heavy atom. The van der Waals surface area contributed by atoms with E-state index in [0.29, 0.717) is 23.2 Å². The standard InChI is InChI=1S/C15H20N4O4/c1-9(8-20)19(15(22)23)18-12-5-3-4-11(14(21)16-2)13(12)17-10-6-7-10/h3-5,8-10,17-18H,6-7H2,1-2H3,(H,16,21)(H,22,23). The third kappa shape index (κ3) is 3.91. The van der Waals surface area contributed by atoms with Crippen molar-refractivity contribution in [1.82, 2.24) is 10.3 Å². The number of nitrogens with one attached hydrogen (secondary N) is 3. The Kier molecular flexibility index (Phi) is 5.05. The molecule has 1 unspecified atom stereocenters. The van der Waals surface area contributed by atoms with Crippen molar-refractivity contribution in [3.63, 3.8) is 0 Å². The summed E-state index contributed by atoms with van der Waals surface area (Å²) in [6.45, 7) is 1.46. The van der Waals surface area contributed by atoms with Crippen LogP contribution in [-0.2, 0) is 4.79 Å². The van der Waals surface area contributed by atoms with E-state index >= 15 is 0 Å². The summed E-state index contributed by atoms with van der Waals surface area (Å²) in [5.41, 5.74) is 4.07. The van der Waals surface area contributed by atoms with Crippen LogP contribution in [0.5, 0.6) is 0 Å². The van der Waals surface area contributed by atoms with Crippen LogP contribution in [0, 0.1) is 0 Å². The molecule has 0 spiro atoms. The molecule has 1 aliphatic carbocycles. The van der Waals surface area contributed by atoms with Crippen molar-refractivity contribution >= 4 is 29.7 Å². The number of para-hydroxylation sites is 1. The monoisotopic (exact) mass is 320 g/mol. The van der Waals surface area contributed by atoms with Gasteiger partial charge >= 0.3 is 6.09 Å². The third-order valence-corrected chi connectivity index (χ3v) is 3.51. The molecular weight excluding hydrogens is 300 g/mol. The van der Waals surface area contributed by atoms with Gasteiger partial charge in [0.15, 0.2) is 0 Å². The third-order valence-electron chi connectivity index (χ3n) is 3.51. The van der Waals surface area contributed by atoms with Gasteiger partial charge in [0.05, 0.1) is 16.9 Å². The first kappa shape index (κ1) is 16.6. The van der Waals surface area contributed by atoms with E-state index in [1.54, 1.807) is 18.2 Å². The molecule has 0 saturated heterocycles. The smallest absolute Gasteiger partial charge is 0.426 e. The fraction of sp³-hybridized carbons (Fsp3) is 0.400. The number of hydrazine groups is 1. The van der Waals surface area contributed by atoms with E-state index in [2.05, 4.69) is 16.1 Å². The average Bonchev–Trinajstić information content (AvgIpc) is 3.35. The normalized spacial score (nSPS) is 14.5. The molecule has 2 amide bonds. The minimum absolute atomic E-state index is 0.267. The van der Waals surface area contributed by atoms with E-state index in [9.17, 15) is 19.5 Å². The van der Waals surface area contributed by atoms with E-state index in [1.165, 1.54) is 14.0 Å². The highest BCUT2D eigenvalue weighted by atomic mass is 16.4. The lowest BCUT2D eigenvalue weighted by molar-refractivity contribution is -0.111. The maximum Gasteiger partial charge on any atom is 0.426 e. The Hall–Kier alpha value is -2.77. The molecule has 0 heterocycles. The summed E-state index contributed by atoms with van der Waals surface area (Å²) in [6, 6.07) is 4.36. The summed E-state index contributed by atoms with van der Waals surface area (Å²) in [6.07, 6.45) is 1.23. The largest absolute Gasteiger partial charge is 0.464 e. The molecule has 124 valence electrons. The summed E-state index contributed by atoms with van der Waals surface area (Å²) >= 11 is 0. The van der Waals surface area contributed by atoms with Crippen LogP contribution in [0.4, 0.5) is 16.2 Å². The minimum Gasteiger partial charge on any atom is -0.464 e. The fourth-order valence-electron chi connectivity index (χ4n) is 2.07. The van der Waals surface area contributed by atoms with Crippen molar-refractivity contribution in [1.29, 1.82) is 0 Å². The van der Waals surface area contributed by atoms with Gasteiger partial charge in [-0.1, -0.05) is 6.07 Å². The lowest BCUT2D eigenvalue weighted by atomic mass is 10.1. The second kappa shape index (κ2) is 6.99. The predicted octanol–water partition coefficient (Wildman–Crippen LogP) is 1.51. The Morgan fingerprint density at radius 1 is 1.39 bits per heavy atom. The predicted molar refractivity (Wildman–Crippen MR) is 85.5 cm³/mol. The van der Waals surface area contributed by atoms with E-state index in [4.69, 9.17) is 0 Å². The maximum absolute atomic E-state index is 12.0. The first-order valence-electron chi connectivity index (χ1n) is 7.33. The SMILES string of the molecule is CNC(=O)c1cccc(NN(C(=O)O)C(C)C=O)c1NC1CC1. The fourth-order valence-corrected chi connectivity index (χ4v) is 2.07. The molecule has 1 aromatic carbocycles. The van der Waals surface area contributed by atoms with Crippen molar-refractivity contribution in [2.45, 2.75) is 31.8 Å². The molecule has 4 N–H and O–H groups in total. The molecule has 1 fully saturated rings. The number of hydrogen-bond acceptors (Lipinski definition) is 5. The maximum atomic E-state index is 12.0. The Morgan fingerprint density at radius 2 is 2.09 bits per heavy atom. The number of amides is 2. The highest BCUT2D eigenvalue weighted by Gasteiger charge is 2.26. The van der Waals surface area contributed by atoms with Gasteiger partial charge in [-0.05, 0) is 31.9 Å². The molecule has 1 aliphatic rings. The second-order valence-corrected chi connectivity index (χ2v) is 5.37. The summed E-state index contributed by atoms with van der Waals surface area (Å²) in [5.74, 6) is -0.276. The van der Waals surface area contributed by atoms with Crippen molar-refractivity contribution < 1.29 is 19.5 Å². The van der Waals surface area contributed by atoms with Gasteiger partial charge in [-0.3, -0.25) is 10.2 Å². The lowest BCUT2D eigenvalue weighted by Gasteiger charge is -2.26. The van der Waals surface area contributed by atoms with Gasteiger partial charge in [-0.25, -0.2) is 9.80 Å². The van der Waals surface area contributed by atoms with Crippen LogP contribution in [0.3, 0.4) is 0 Å². The zero-order valence-corrected chi connectivity index (χ0v) is 13.0. The van der Waals surface area contributed by atoms with Crippen molar-refractivity contribution in [3.05, 3.63) is 23.8 Å². The van der Waals surface area contributed by atoms with Gasteiger partial charge in [0.2, 0.25) is 0 Å². The first-order chi connectivity index (χ1) is 11.0. The molecule has 0 radical (unpaired) electrons. The van der Waals surface area contributed by atoms with Gasteiger partial charge in [0, 0.05) is 13.1 Å². The van der Waals surface area contributed by atoms with Gasteiger partial charge in [0.1, 0.15) is 12.3 Å². The summed E-state index contributed by atoms with van der Waals surface area (Å²) in [4.78, 5) is 34.3. The summed E-state index contributed by atoms with van der Waals surface area (Å²) < 4.78 is 0. The van der Waals surface area contributed by atoms with Crippen LogP contribution in [0.1, 0.15) is 30.1 Å². The van der Waals surface area contributed by atoms with Crippen molar-refractivity contribution in [3.8, 4) is 0 Å². The molecule has 1 saturated carbocycles. The molecule has 0 aliphatic heterocycles. The quantitative estimate of drug-likeness (QED) is 0.448. The number of aldehydes is 1. The molecule has 8 nitrogen and oxygen atoms in total.